The van der Waals surface area contributed by atoms with Crippen LogP contribution in [0.1, 0.15) is 51.9 Å². The first-order valence-electron chi connectivity index (χ1n) is 7.01. The largest absolute Gasteiger partial charge is 0.381 e. The van der Waals surface area contributed by atoms with Crippen molar-refractivity contribution in [2.75, 3.05) is 13.2 Å². The molecule has 2 fully saturated rings. The monoisotopic (exact) mass is 244 g/mol. The van der Waals surface area contributed by atoms with Crippen molar-refractivity contribution in [3.8, 4) is 0 Å². The van der Waals surface area contributed by atoms with E-state index in [9.17, 15) is 0 Å². The number of alkyl halides is 1. The van der Waals surface area contributed by atoms with Gasteiger partial charge < -0.3 is 4.74 Å². The van der Waals surface area contributed by atoms with Gasteiger partial charge in [0.2, 0.25) is 0 Å². The van der Waals surface area contributed by atoms with Crippen LogP contribution in [-0.4, -0.2) is 18.6 Å². The third kappa shape index (κ3) is 3.37. The van der Waals surface area contributed by atoms with Crippen molar-refractivity contribution in [2.24, 2.45) is 17.8 Å². The van der Waals surface area contributed by atoms with Crippen molar-refractivity contribution >= 4 is 11.6 Å². The first kappa shape index (κ1) is 12.7. The maximum absolute atomic E-state index is 6.49. The molecule has 0 aromatic rings. The molecule has 0 aromatic heterocycles. The van der Waals surface area contributed by atoms with E-state index in [1.54, 1.807) is 0 Å². The van der Waals surface area contributed by atoms with Gasteiger partial charge in [-0.3, -0.25) is 0 Å². The molecule has 1 aliphatic carbocycles. The fourth-order valence-corrected chi connectivity index (χ4v) is 3.68. The second-order valence-electron chi connectivity index (χ2n) is 5.65. The van der Waals surface area contributed by atoms with E-state index in [4.69, 9.17) is 16.3 Å². The third-order valence-corrected chi connectivity index (χ3v) is 5.13. The number of hydrogen-bond acceptors (Lipinski definition) is 1. The fourth-order valence-electron chi connectivity index (χ4n) is 3.35. The molecule has 0 aromatic carbocycles. The van der Waals surface area contributed by atoms with Crippen LogP contribution in [0.4, 0.5) is 0 Å². The summed E-state index contributed by atoms with van der Waals surface area (Å²) in [5, 5.41) is 0.450. The summed E-state index contributed by atoms with van der Waals surface area (Å²) < 4.78 is 5.43. The Labute approximate surface area is 105 Å². The Bertz CT molecular complexity index is 201. The number of ether oxygens (including phenoxy) is 1. The summed E-state index contributed by atoms with van der Waals surface area (Å²) >= 11 is 6.49. The Morgan fingerprint density at radius 1 is 1.06 bits per heavy atom. The van der Waals surface area contributed by atoms with Crippen LogP contribution < -0.4 is 0 Å². The minimum absolute atomic E-state index is 0.450. The van der Waals surface area contributed by atoms with E-state index >= 15 is 0 Å². The van der Waals surface area contributed by atoms with E-state index < -0.39 is 0 Å². The summed E-state index contributed by atoms with van der Waals surface area (Å²) in [6.07, 6.45) is 9.20. The van der Waals surface area contributed by atoms with Gasteiger partial charge in [-0.2, -0.15) is 0 Å². The van der Waals surface area contributed by atoms with E-state index in [-0.39, 0.29) is 0 Å². The molecule has 1 aliphatic heterocycles. The molecule has 94 valence electrons. The van der Waals surface area contributed by atoms with Gasteiger partial charge in [-0.1, -0.05) is 13.3 Å². The lowest BCUT2D eigenvalue weighted by Crippen LogP contribution is -2.29. The summed E-state index contributed by atoms with van der Waals surface area (Å²) in [7, 11) is 0. The highest BCUT2D eigenvalue weighted by Gasteiger charge is 2.30. The Kier molecular flexibility index (Phi) is 4.97. The van der Waals surface area contributed by atoms with Crippen LogP contribution in [0.2, 0.25) is 0 Å². The fraction of sp³-hybridized carbons (Fsp3) is 1.00. The van der Waals surface area contributed by atoms with Gasteiger partial charge >= 0.3 is 0 Å². The molecule has 0 bridgehead atoms. The topological polar surface area (TPSA) is 9.23 Å². The summed E-state index contributed by atoms with van der Waals surface area (Å²) in [4.78, 5) is 0. The Hall–Kier alpha value is 0.250. The van der Waals surface area contributed by atoms with E-state index in [1.165, 1.54) is 44.9 Å². The summed E-state index contributed by atoms with van der Waals surface area (Å²) in [6.45, 7) is 4.27. The first-order chi connectivity index (χ1) is 7.79. The van der Waals surface area contributed by atoms with E-state index in [0.29, 0.717) is 5.38 Å². The zero-order valence-electron chi connectivity index (χ0n) is 10.5. The lowest BCUT2D eigenvalue weighted by molar-refractivity contribution is 0.0546. The molecule has 3 atom stereocenters. The van der Waals surface area contributed by atoms with Gasteiger partial charge in [0.1, 0.15) is 0 Å². The summed E-state index contributed by atoms with van der Waals surface area (Å²) in [6, 6.07) is 0. The lowest BCUT2D eigenvalue weighted by atomic mass is 9.75. The van der Waals surface area contributed by atoms with Crippen molar-refractivity contribution in [1.29, 1.82) is 0 Å². The van der Waals surface area contributed by atoms with Crippen molar-refractivity contribution in [3.05, 3.63) is 0 Å². The molecule has 1 saturated heterocycles. The zero-order valence-corrected chi connectivity index (χ0v) is 11.2. The molecule has 16 heavy (non-hydrogen) atoms. The normalized spacial score (nSPS) is 37.5. The molecule has 0 spiro atoms. The van der Waals surface area contributed by atoms with Gasteiger partial charge in [-0.25, -0.2) is 0 Å². The second kappa shape index (κ2) is 6.26. The molecular formula is C14H25ClO. The van der Waals surface area contributed by atoms with E-state index in [2.05, 4.69) is 6.92 Å². The molecule has 0 amide bonds. The Balaban J connectivity index is 1.81. The maximum Gasteiger partial charge on any atom is 0.0468 e. The van der Waals surface area contributed by atoms with Crippen LogP contribution in [0, 0.1) is 17.8 Å². The molecule has 2 rings (SSSR count). The first-order valence-corrected chi connectivity index (χ1v) is 7.45. The van der Waals surface area contributed by atoms with Crippen molar-refractivity contribution in [3.63, 3.8) is 0 Å². The van der Waals surface area contributed by atoms with Crippen molar-refractivity contribution < 1.29 is 4.74 Å². The van der Waals surface area contributed by atoms with E-state index in [1.807, 2.05) is 0 Å². The molecule has 1 saturated carbocycles. The minimum Gasteiger partial charge on any atom is -0.381 e. The zero-order chi connectivity index (χ0) is 11.4. The van der Waals surface area contributed by atoms with Gasteiger partial charge in [0.05, 0.1) is 0 Å². The quantitative estimate of drug-likeness (QED) is 0.675. The minimum atomic E-state index is 0.450. The third-order valence-electron chi connectivity index (χ3n) is 4.55. The molecule has 1 heterocycles. The molecule has 1 nitrogen and oxygen atoms in total. The standard InChI is InChI=1S/C14H25ClO/c1-2-11-3-4-14(15)13(9-11)10-12-5-7-16-8-6-12/h11-14H,2-10H2,1H3. The van der Waals surface area contributed by atoms with Crippen LogP contribution in [-0.2, 0) is 4.74 Å². The molecule has 0 N–H and O–H groups in total. The highest BCUT2D eigenvalue weighted by atomic mass is 35.5. The van der Waals surface area contributed by atoms with Crippen molar-refractivity contribution in [1.82, 2.24) is 0 Å². The SMILES string of the molecule is CCC1CCC(Cl)C(CC2CCOCC2)C1. The van der Waals surface area contributed by atoms with Crippen LogP contribution in [0.3, 0.4) is 0 Å². The summed E-state index contributed by atoms with van der Waals surface area (Å²) in [5.74, 6) is 2.61. The highest BCUT2D eigenvalue weighted by molar-refractivity contribution is 6.20. The van der Waals surface area contributed by atoms with Crippen molar-refractivity contribution in [2.45, 2.75) is 57.2 Å². The van der Waals surface area contributed by atoms with E-state index in [0.717, 1.165) is 31.0 Å². The predicted octanol–water partition coefficient (Wildman–Crippen LogP) is 4.24. The highest BCUT2D eigenvalue weighted by Crippen LogP contribution is 2.39. The summed E-state index contributed by atoms with van der Waals surface area (Å²) in [5.41, 5.74) is 0. The van der Waals surface area contributed by atoms with Gasteiger partial charge in [-0.05, 0) is 56.3 Å². The predicted molar refractivity (Wildman–Crippen MR) is 68.9 cm³/mol. The van der Waals surface area contributed by atoms with Crippen LogP contribution >= 0.6 is 11.6 Å². The average Bonchev–Trinajstić information content (AvgIpc) is 2.33. The van der Waals surface area contributed by atoms with Crippen LogP contribution in [0.25, 0.3) is 0 Å². The molecule has 2 heteroatoms. The molecule has 2 aliphatic rings. The Morgan fingerprint density at radius 2 is 1.81 bits per heavy atom. The lowest BCUT2D eigenvalue weighted by Gasteiger charge is -2.35. The molecular weight excluding hydrogens is 220 g/mol. The molecule has 3 unspecified atom stereocenters. The number of hydrogen-bond donors (Lipinski definition) is 0. The smallest absolute Gasteiger partial charge is 0.0468 e. The van der Waals surface area contributed by atoms with Gasteiger partial charge in [0.25, 0.3) is 0 Å². The second-order valence-corrected chi connectivity index (χ2v) is 6.22. The van der Waals surface area contributed by atoms with Crippen LogP contribution in [0.5, 0.6) is 0 Å². The number of rotatable bonds is 3. The Morgan fingerprint density at radius 3 is 2.50 bits per heavy atom. The molecule has 0 radical (unpaired) electrons. The maximum atomic E-state index is 6.49. The van der Waals surface area contributed by atoms with Crippen LogP contribution in [0.15, 0.2) is 0 Å². The van der Waals surface area contributed by atoms with Gasteiger partial charge in [-0.15, -0.1) is 11.6 Å². The number of halogens is 1. The van der Waals surface area contributed by atoms with Gasteiger partial charge in [0.15, 0.2) is 0 Å². The van der Waals surface area contributed by atoms with Gasteiger partial charge in [0, 0.05) is 18.6 Å². The average molecular weight is 245 g/mol.